The van der Waals surface area contributed by atoms with E-state index in [9.17, 15) is 0 Å². The van der Waals surface area contributed by atoms with Crippen LogP contribution in [0.4, 0.5) is 5.82 Å². The second-order valence-corrected chi connectivity index (χ2v) is 6.63. The van der Waals surface area contributed by atoms with E-state index in [1.54, 1.807) is 42.8 Å². The van der Waals surface area contributed by atoms with Gasteiger partial charge in [0, 0.05) is 24.8 Å². The van der Waals surface area contributed by atoms with Crippen molar-refractivity contribution in [3.05, 3.63) is 84.7 Å². The van der Waals surface area contributed by atoms with Crippen molar-refractivity contribution in [3.8, 4) is 17.3 Å². The summed E-state index contributed by atoms with van der Waals surface area (Å²) < 4.78 is 13.1. The number of hydrogen-bond acceptors (Lipinski definition) is 7. The molecule has 1 N–H and O–H groups in total. The summed E-state index contributed by atoms with van der Waals surface area (Å²) in [5.41, 5.74) is 2.08. The zero-order chi connectivity index (χ0) is 20.8. The predicted molar refractivity (Wildman–Crippen MR) is 113 cm³/mol. The first-order valence-electron chi connectivity index (χ1n) is 9.51. The van der Waals surface area contributed by atoms with Crippen LogP contribution in [-0.2, 0) is 6.61 Å². The van der Waals surface area contributed by atoms with Gasteiger partial charge in [-0.3, -0.25) is 9.97 Å². The monoisotopic (exact) mass is 402 g/mol. The highest BCUT2D eigenvalue weighted by Gasteiger charge is 2.12. The third-order valence-electron chi connectivity index (χ3n) is 4.56. The van der Waals surface area contributed by atoms with E-state index in [1.807, 2.05) is 42.6 Å². The third-order valence-corrected chi connectivity index (χ3v) is 4.56. The minimum Gasteiger partial charge on any atom is -0.493 e. The molecule has 0 aliphatic rings. The third kappa shape index (κ3) is 4.54. The fraction of sp³-hybridized carbons (Fsp3) is 0.182. The topological polar surface area (TPSA) is 87.0 Å². The molecule has 3 heterocycles. The van der Waals surface area contributed by atoms with Crippen molar-refractivity contribution in [2.45, 2.75) is 19.6 Å². The molecule has 0 bridgehead atoms. The van der Waals surface area contributed by atoms with Crippen LogP contribution in [0.5, 0.6) is 11.5 Å². The number of nitrogens with one attached hydrogen (secondary N) is 1. The lowest BCUT2D eigenvalue weighted by atomic mass is 10.1. The summed E-state index contributed by atoms with van der Waals surface area (Å²) in [5, 5.41) is 7.56. The van der Waals surface area contributed by atoms with Gasteiger partial charge in [0.2, 0.25) is 0 Å². The van der Waals surface area contributed by atoms with Crippen LogP contribution in [0.15, 0.2) is 73.6 Å². The second-order valence-electron chi connectivity index (χ2n) is 6.63. The summed E-state index contributed by atoms with van der Waals surface area (Å²) in [6.45, 7) is 2.50. The summed E-state index contributed by atoms with van der Waals surface area (Å²) in [6, 6.07) is 11.6. The smallest absolute Gasteiger partial charge is 0.173 e. The van der Waals surface area contributed by atoms with Gasteiger partial charge in [-0.25, -0.2) is 9.67 Å². The van der Waals surface area contributed by atoms with Crippen molar-refractivity contribution in [2.24, 2.45) is 0 Å². The molecule has 3 aromatic heterocycles. The van der Waals surface area contributed by atoms with Gasteiger partial charge in [-0.1, -0.05) is 6.07 Å². The minimum absolute atomic E-state index is 0.0182. The predicted octanol–water partition coefficient (Wildman–Crippen LogP) is 3.82. The van der Waals surface area contributed by atoms with Crippen molar-refractivity contribution in [3.63, 3.8) is 0 Å². The molecule has 8 nitrogen and oxygen atoms in total. The average Bonchev–Trinajstić information content (AvgIpc) is 3.33. The van der Waals surface area contributed by atoms with E-state index in [0.29, 0.717) is 29.7 Å². The molecular formula is C22H22N6O2. The van der Waals surface area contributed by atoms with Gasteiger partial charge in [0.15, 0.2) is 17.3 Å². The molecule has 4 aromatic rings. The molecule has 0 spiro atoms. The van der Waals surface area contributed by atoms with Crippen LogP contribution in [0.25, 0.3) is 5.82 Å². The summed E-state index contributed by atoms with van der Waals surface area (Å²) >= 11 is 0. The summed E-state index contributed by atoms with van der Waals surface area (Å²) in [6.07, 6.45) is 10.4. The fourth-order valence-corrected chi connectivity index (χ4v) is 2.96. The molecule has 0 fully saturated rings. The lowest BCUT2D eigenvalue weighted by molar-refractivity contribution is 0.284. The Labute approximate surface area is 174 Å². The zero-order valence-electron chi connectivity index (χ0n) is 16.8. The molecule has 1 aromatic carbocycles. The van der Waals surface area contributed by atoms with Crippen LogP contribution in [0, 0.1) is 0 Å². The van der Waals surface area contributed by atoms with Gasteiger partial charge in [-0.15, -0.1) is 0 Å². The first kappa shape index (κ1) is 19.4. The molecule has 0 saturated heterocycles. The van der Waals surface area contributed by atoms with E-state index in [2.05, 4.69) is 32.3 Å². The molecule has 30 heavy (non-hydrogen) atoms. The number of nitrogens with zero attached hydrogens (tertiary/aromatic N) is 5. The highest BCUT2D eigenvalue weighted by Crippen LogP contribution is 2.31. The van der Waals surface area contributed by atoms with E-state index < -0.39 is 0 Å². The van der Waals surface area contributed by atoms with Crippen LogP contribution < -0.4 is 14.8 Å². The number of hydrogen-bond donors (Lipinski definition) is 1. The van der Waals surface area contributed by atoms with Crippen molar-refractivity contribution in [1.29, 1.82) is 0 Å². The Kier molecular flexibility index (Phi) is 5.84. The molecule has 0 amide bonds. The van der Waals surface area contributed by atoms with Gasteiger partial charge >= 0.3 is 0 Å². The molecular weight excluding hydrogens is 380 g/mol. The maximum Gasteiger partial charge on any atom is 0.173 e. The molecule has 0 saturated carbocycles. The molecule has 0 aliphatic heterocycles. The average molecular weight is 402 g/mol. The van der Waals surface area contributed by atoms with Gasteiger partial charge in [-0.2, -0.15) is 5.10 Å². The first-order valence-corrected chi connectivity index (χ1v) is 9.51. The molecule has 1 atom stereocenters. The van der Waals surface area contributed by atoms with Crippen molar-refractivity contribution in [1.82, 2.24) is 24.7 Å². The zero-order valence-corrected chi connectivity index (χ0v) is 16.8. The minimum atomic E-state index is -0.0182. The highest BCUT2D eigenvalue weighted by atomic mass is 16.5. The largest absolute Gasteiger partial charge is 0.493 e. The summed E-state index contributed by atoms with van der Waals surface area (Å²) in [7, 11) is 1.63. The van der Waals surface area contributed by atoms with E-state index >= 15 is 0 Å². The maximum atomic E-state index is 5.92. The Morgan fingerprint density at radius 2 is 1.90 bits per heavy atom. The number of aromatic nitrogens is 5. The first-order chi connectivity index (χ1) is 14.7. The van der Waals surface area contributed by atoms with Gasteiger partial charge in [0.05, 0.1) is 25.5 Å². The van der Waals surface area contributed by atoms with E-state index in [4.69, 9.17) is 9.47 Å². The standard InChI is InChI=1S/C22H22N6O2/c1-16(26-21-13-24-14-22(27-21)28-11-3-8-25-28)18-4-5-19(20(12-18)29-2)30-15-17-6-9-23-10-7-17/h3-14,16H,15H2,1-2H3,(H,26,27). The number of anilines is 1. The molecule has 152 valence electrons. The Morgan fingerprint density at radius 1 is 1.03 bits per heavy atom. The van der Waals surface area contributed by atoms with Gasteiger partial charge in [-0.05, 0) is 48.4 Å². The summed E-state index contributed by atoms with van der Waals surface area (Å²) in [5.74, 6) is 2.67. The Hall–Kier alpha value is -3.94. The van der Waals surface area contributed by atoms with Crippen molar-refractivity contribution in [2.75, 3.05) is 12.4 Å². The molecule has 1 unspecified atom stereocenters. The van der Waals surface area contributed by atoms with Crippen molar-refractivity contribution < 1.29 is 9.47 Å². The number of methoxy groups -OCH3 is 1. The number of benzene rings is 1. The number of pyridine rings is 1. The Bertz CT molecular complexity index is 1090. The lowest BCUT2D eigenvalue weighted by Crippen LogP contribution is -2.10. The van der Waals surface area contributed by atoms with Crippen LogP contribution in [0.2, 0.25) is 0 Å². The molecule has 0 radical (unpaired) electrons. The van der Waals surface area contributed by atoms with Crippen molar-refractivity contribution >= 4 is 5.82 Å². The molecule has 0 aliphatic carbocycles. The van der Waals surface area contributed by atoms with Gasteiger partial charge in [0.25, 0.3) is 0 Å². The van der Waals surface area contributed by atoms with Gasteiger partial charge in [0.1, 0.15) is 12.4 Å². The Balaban J connectivity index is 1.46. The van der Waals surface area contributed by atoms with Gasteiger partial charge < -0.3 is 14.8 Å². The highest BCUT2D eigenvalue weighted by molar-refractivity contribution is 5.46. The quantitative estimate of drug-likeness (QED) is 0.479. The second kappa shape index (κ2) is 9.04. The van der Waals surface area contributed by atoms with E-state index in [-0.39, 0.29) is 6.04 Å². The lowest BCUT2D eigenvalue weighted by Gasteiger charge is -2.18. The van der Waals surface area contributed by atoms with E-state index in [1.165, 1.54) is 0 Å². The Morgan fingerprint density at radius 3 is 2.67 bits per heavy atom. The maximum absolute atomic E-state index is 5.92. The van der Waals surface area contributed by atoms with Crippen LogP contribution >= 0.6 is 0 Å². The number of ether oxygens (including phenoxy) is 2. The number of rotatable bonds is 8. The van der Waals surface area contributed by atoms with Crippen LogP contribution in [0.3, 0.4) is 0 Å². The van der Waals surface area contributed by atoms with E-state index in [0.717, 1.165) is 11.1 Å². The summed E-state index contributed by atoms with van der Waals surface area (Å²) in [4.78, 5) is 12.8. The SMILES string of the molecule is COc1cc(C(C)Nc2cncc(-n3cccn3)n2)ccc1OCc1ccncc1. The molecule has 8 heteroatoms. The molecule has 4 rings (SSSR count). The van der Waals surface area contributed by atoms with Crippen LogP contribution in [0.1, 0.15) is 24.1 Å². The van der Waals surface area contributed by atoms with Crippen LogP contribution in [-0.4, -0.2) is 31.8 Å². The normalized spacial score (nSPS) is 11.7. The fourth-order valence-electron chi connectivity index (χ4n) is 2.96.